The van der Waals surface area contributed by atoms with Gasteiger partial charge in [-0.2, -0.15) is 0 Å². The van der Waals surface area contributed by atoms with Crippen molar-refractivity contribution in [1.82, 2.24) is 14.5 Å². The Bertz CT molecular complexity index is 1260. The van der Waals surface area contributed by atoms with Crippen LogP contribution >= 0.6 is 0 Å². The van der Waals surface area contributed by atoms with Gasteiger partial charge in [0.1, 0.15) is 11.6 Å². The fourth-order valence-electron chi connectivity index (χ4n) is 4.37. The standard InChI is InChI=1S/C26H27F2N3O3S/c1-18-3-12-23(35(33,34)29-2)17-24(18)26(32)31-15-13-30(14-16-31)25(19-4-8-21(27)9-5-19)20-6-10-22(28)11-7-20/h3-12,17,25,29H,13-16H2,1-2H3. The van der Waals surface area contributed by atoms with Crippen molar-refractivity contribution < 1.29 is 22.0 Å². The van der Waals surface area contributed by atoms with Gasteiger partial charge in [-0.15, -0.1) is 0 Å². The van der Waals surface area contributed by atoms with Gasteiger partial charge in [-0.25, -0.2) is 21.9 Å². The van der Waals surface area contributed by atoms with Crippen LogP contribution in [0.1, 0.15) is 33.1 Å². The van der Waals surface area contributed by atoms with Crippen LogP contribution in [-0.4, -0.2) is 57.4 Å². The molecule has 0 radical (unpaired) electrons. The number of amides is 1. The van der Waals surface area contributed by atoms with Crippen LogP contribution < -0.4 is 4.72 Å². The van der Waals surface area contributed by atoms with E-state index in [1.54, 1.807) is 42.2 Å². The first-order chi connectivity index (χ1) is 16.7. The summed E-state index contributed by atoms with van der Waals surface area (Å²) in [6, 6.07) is 16.8. The summed E-state index contributed by atoms with van der Waals surface area (Å²) >= 11 is 0. The van der Waals surface area contributed by atoms with Gasteiger partial charge in [0.05, 0.1) is 10.9 Å². The minimum Gasteiger partial charge on any atom is -0.336 e. The lowest BCUT2D eigenvalue weighted by molar-refractivity contribution is 0.0596. The number of carbonyl (C=O) groups excluding carboxylic acids is 1. The molecule has 0 bridgehead atoms. The lowest BCUT2D eigenvalue weighted by Crippen LogP contribution is -2.50. The molecular formula is C26H27F2N3O3S. The Balaban J connectivity index is 1.55. The third-order valence-electron chi connectivity index (χ3n) is 6.36. The average molecular weight is 500 g/mol. The molecule has 0 atom stereocenters. The van der Waals surface area contributed by atoms with E-state index in [-0.39, 0.29) is 28.5 Å². The van der Waals surface area contributed by atoms with Gasteiger partial charge >= 0.3 is 0 Å². The second kappa shape index (κ2) is 10.2. The summed E-state index contributed by atoms with van der Waals surface area (Å²) in [4.78, 5) is 17.2. The Kier molecular flexibility index (Phi) is 7.30. The Hall–Kier alpha value is -3.14. The predicted molar refractivity (Wildman–Crippen MR) is 130 cm³/mol. The molecule has 1 N–H and O–H groups in total. The van der Waals surface area contributed by atoms with Gasteiger partial charge in [0.15, 0.2) is 0 Å². The minimum absolute atomic E-state index is 0.0419. The largest absolute Gasteiger partial charge is 0.336 e. The van der Waals surface area contributed by atoms with Crippen LogP contribution in [0, 0.1) is 18.6 Å². The summed E-state index contributed by atoms with van der Waals surface area (Å²) in [6.45, 7) is 3.72. The van der Waals surface area contributed by atoms with Crippen molar-refractivity contribution in [3.05, 3.63) is 101 Å². The smallest absolute Gasteiger partial charge is 0.254 e. The molecule has 9 heteroatoms. The molecule has 1 aliphatic heterocycles. The van der Waals surface area contributed by atoms with E-state index < -0.39 is 10.0 Å². The summed E-state index contributed by atoms with van der Waals surface area (Å²) in [6.07, 6.45) is 0. The highest BCUT2D eigenvalue weighted by Crippen LogP contribution is 2.30. The lowest BCUT2D eigenvalue weighted by atomic mass is 9.96. The zero-order valence-electron chi connectivity index (χ0n) is 19.5. The van der Waals surface area contributed by atoms with Crippen LogP contribution in [0.2, 0.25) is 0 Å². The second-order valence-corrected chi connectivity index (χ2v) is 10.4. The summed E-state index contributed by atoms with van der Waals surface area (Å²) in [5.41, 5.74) is 2.79. The number of halogens is 2. The van der Waals surface area contributed by atoms with Crippen molar-refractivity contribution in [1.29, 1.82) is 0 Å². The molecule has 0 saturated carbocycles. The monoisotopic (exact) mass is 499 g/mol. The third-order valence-corrected chi connectivity index (χ3v) is 7.77. The van der Waals surface area contributed by atoms with Gasteiger partial charge in [-0.1, -0.05) is 30.3 Å². The topological polar surface area (TPSA) is 69.7 Å². The molecule has 3 aromatic carbocycles. The summed E-state index contributed by atoms with van der Waals surface area (Å²) in [5.74, 6) is -0.893. The van der Waals surface area contributed by atoms with Crippen molar-refractivity contribution >= 4 is 15.9 Å². The molecule has 1 fully saturated rings. The first kappa shape index (κ1) is 25.0. The van der Waals surface area contributed by atoms with E-state index in [0.717, 1.165) is 11.1 Å². The van der Waals surface area contributed by atoms with E-state index in [9.17, 15) is 22.0 Å². The summed E-state index contributed by atoms with van der Waals surface area (Å²) in [7, 11) is -2.34. The lowest BCUT2D eigenvalue weighted by Gasteiger charge is -2.40. The second-order valence-electron chi connectivity index (χ2n) is 8.52. The molecule has 3 aromatic rings. The number of nitrogens with zero attached hydrogens (tertiary/aromatic N) is 2. The number of aryl methyl sites for hydroxylation is 1. The summed E-state index contributed by atoms with van der Waals surface area (Å²) in [5, 5.41) is 0. The molecule has 6 nitrogen and oxygen atoms in total. The molecule has 4 rings (SSSR count). The molecule has 0 aliphatic carbocycles. The Morgan fingerprint density at radius 2 is 1.37 bits per heavy atom. The fourth-order valence-corrected chi connectivity index (χ4v) is 5.13. The maximum absolute atomic E-state index is 13.6. The highest BCUT2D eigenvalue weighted by Gasteiger charge is 2.29. The molecule has 184 valence electrons. The Labute approximate surface area is 204 Å². The SMILES string of the molecule is CNS(=O)(=O)c1ccc(C)c(C(=O)N2CCN(C(c3ccc(F)cc3)c3ccc(F)cc3)CC2)c1. The number of hydrogen-bond donors (Lipinski definition) is 1. The first-order valence-electron chi connectivity index (χ1n) is 11.3. The number of hydrogen-bond acceptors (Lipinski definition) is 4. The molecule has 0 unspecified atom stereocenters. The van der Waals surface area contributed by atoms with E-state index in [0.29, 0.717) is 37.3 Å². The molecule has 1 aliphatic rings. The van der Waals surface area contributed by atoms with E-state index in [1.807, 2.05) is 0 Å². The van der Waals surface area contributed by atoms with E-state index in [2.05, 4.69) is 9.62 Å². The van der Waals surface area contributed by atoms with Crippen LogP contribution in [0.3, 0.4) is 0 Å². The normalized spacial score (nSPS) is 14.9. The number of rotatable bonds is 6. The fraction of sp³-hybridized carbons (Fsp3) is 0.269. The van der Waals surface area contributed by atoms with Crippen molar-refractivity contribution in [2.75, 3.05) is 33.2 Å². The molecule has 0 aromatic heterocycles. The Morgan fingerprint density at radius 3 is 1.86 bits per heavy atom. The number of carbonyl (C=O) groups is 1. The third kappa shape index (κ3) is 5.42. The van der Waals surface area contributed by atoms with Crippen LogP contribution in [0.4, 0.5) is 8.78 Å². The highest BCUT2D eigenvalue weighted by molar-refractivity contribution is 7.89. The summed E-state index contributed by atoms with van der Waals surface area (Å²) < 4.78 is 53.8. The number of sulfonamides is 1. The number of benzene rings is 3. The van der Waals surface area contributed by atoms with Gasteiger partial charge in [0, 0.05) is 31.7 Å². The van der Waals surface area contributed by atoms with Crippen LogP contribution in [0.25, 0.3) is 0 Å². The maximum Gasteiger partial charge on any atom is 0.254 e. The van der Waals surface area contributed by atoms with E-state index in [4.69, 9.17) is 0 Å². The van der Waals surface area contributed by atoms with Crippen molar-refractivity contribution in [2.45, 2.75) is 17.9 Å². The maximum atomic E-state index is 13.6. The van der Waals surface area contributed by atoms with Gasteiger partial charge in [0.2, 0.25) is 10.0 Å². The first-order valence-corrected chi connectivity index (χ1v) is 12.8. The molecule has 1 amide bonds. The molecular weight excluding hydrogens is 472 g/mol. The number of nitrogens with one attached hydrogen (secondary N) is 1. The predicted octanol–water partition coefficient (Wildman–Crippen LogP) is 3.73. The van der Waals surface area contributed by atoms with Gasteiger partial charge in [0.25, 0.3) is 5.91 Å². The van der Waals surface area contributed by atoms with Gasteiger partial charge in [-0.3, -0.25) is 9.69 Å². The zero-order valence-corrected chi connectivity index (χ0v) is 20.4. The van der Waals surface area contributed by atoms with Crippen LogP contribution in [-0.2, 0) is 10.0 Å². The molecule has 0 spiro atoms. The quantitative estimate of drug-likeness (QED) is 0.561. The van der Waals surface area contributed by atoms with Crippen molar-refractivity contribution in [3.8, 4) is 0 Å². The minimum atomic E-state index is -3.67. The zero-order chi connectivity index (χ0) is 25.2. The highest BCUT2D eigenvalue weighted by atomic mass is 32.2. The molecule has 35 heavy (non-hydrogen) atoms. The molecule has 1 heterocycles. The van der Waals surface area contributed by atoms with E-state index >= 15 is 0 Å². The number of piperazine rings is 1. The van der Waals surface area contributed by atoms with Gasteiger partial charge < -0.3 is 4.90 Å². The van der Waals surface area contributed by atoms with Gasteiger partial charge in [-0.05, 0) is 67.1 Å². The Morgan fingerprint density at radius 1 is 0.857 bits per heavy atom. The molecule has 1 saturated heterocycles. The average Bonchev–Trinajstić information content (AvgIpc) is 2.86. The van der Waals surface area contributed by atoms with E-state index in [1.165, 1.54) is 43.4 Å². The van der Waals surface area contributed by atoms with Crippen LogP contribution in [0.15, 0.2) is 71.6 Å². The van der Waals surface area contributed by atoms with Crippen molar-refractivity contribution in [2.24, 2.45) is 0 Å². The van der Waals surface area contributed by atoms with Crippen LogP contribution in [0.5, 0.6) is 0 Å². The van der Waals surface area contributed by atoms with Crippen molar-refractivity contribution in [3.63, 3.8) is 0 Å².